The van der Waals surface area contributed by atoms with Gasteiger partial charge in [0.2, 0.25) is 10.9 Å². The van der Waals surface area contributed by atoms with Crippen LogP contribution in [-0.4, -0.2) is 17.9 Å². The zero-order chi connectivity index (χ0) is 20.6. The number of fused-ring (bicyclic) bond motifs is 1. The summed E-state index contributed by atoms with van der Waals surface area (Å²) in [6.07, 6.45) is -5.08. The van der Waals surface area contributed by atoms with Gasteiger partial charge in [0.15, 0.2) is 5.36 Å². The third-order valence-corrected chi connectivity index (χ3v) is 3.93. The third-order valence-electron chi connectivity index (χ3n) is 3.93. The molecule has 0 aliphatic heterocycles. The highest BCUT2D eigenvalue weighted by molar-refractivity contribution is 6.04. The molecule has 3 aromatic rings. The quantitative estimate of drug-likeness (QED) is 0.394. The molecule has 3 aromatic carbocycles. The van der Waals surface area contributed by atoms with Gasteiger partial charge >= 0.3 is 6.18 Å². The Balaban J connectivity index is 1.93. The van der Waals surface area contributed by atoms with E-state index in [1.807, 2.05) is 5.43 Å². The fourth-order valence-electron chi connectivity index (χ4n) is 2.58. The number of anilines is 1. The first-order valence-electron chi connectivity index (χ1n) is 7.68. The van der Waals surface area contributed by atoms with Gasteiger partial charge in [-0.15, -0.1) is 0 Å². The number of nitrogens with two attached hydrogens (primary N) is 1. The number of nitrogens with one attached hydrogen (secondary N) is 1. The molecule has 3 rings (SSSR count). The molecule has 0 fully saturated rings. The summed E-state index contributed by atoms with van der Waals surface area (Å²) in [5.74, 6) is -3.07. The molecule has 10 heteroatoms. The zero-order valence-electron chi connectivity index (χ0n) is 13.8. The second-order valence-electron chi connectivity index (χ2n) is 5.73. The second-order valence-corrected chi connectivity index (χ2v) is 5.73. The first-order chi connectivity index (χ1) is 13.1. The summed E-state index contributed by atoms with van der Waals surface area (Å²) in [6.45, 7) is 0. The Labute approximate surface area is 153 Å². The van der Waals surface area contributed by atoms with Crippen LogP contribution in [0.25, 0.3) is 10.8 Å². The van der Waals surface area contributed by atoms with Gasteiger partial charge in [-0.25, -0.2) is 5.43 Å². The summed E-state index contributed by atoms with van der Waals surface area (Å²) in [7, 11) is 0. The van der Waals surface area contributed by atoms with Crippen molar-refractivity contribution in [3.05, 3.63) is 79.4 Å². The van der Waals surface area contributed by atoms with Crippen LogP contribution < -0.4 is 27.4 Å². The highest BCUT2D eigenvalue weighted by Crippen LogP contribution is 2.24. The van der Waals surface area contributed by atoms with E-state index in [0.29, 0.717) is 6.07 Å². The zero-order valence-corrected chi connectivity index (χ0v) is 13.8. The van der Waals surface area contributed by atoms with Gasteiger partial charge in [0.1, 0.15) is 0 Å². The topological polar surface area (TPSA) is 119 Å². The molecule has 0 saturated carbocycles. The van der Waals surface area contributed by atoms with Crippen molar-refractivity contribution in [3.8, 4) is 0 Å². The van der Waals surface area contributed by atoms with E-state index in [1.54, 1.807) is 12.1 Å². The number of ketones is 1. The molecule has 0 aliphatic carbocycles. The van der Waals surface area contributed by atoms with Gasteiger partial charge < -0.3 is 5.73 Å². The molecule has 28 heavy (non-hydrogen) atoms. The lowest BCUT2D eigenvalue weighted by Gasteiger charge is -2.08. The van der Waals surface area contributed by atoms with E-state index in [2.05, 4.69) is 5.10 Å². The van der Waals surface area contributed by atoms with Crippen LogP contribution in [0, 0.1) is 0 Å². The fourth-order valence-corrected chi connectivity index (χ4v) is 2.58. The number of rotatable bonds is 3. The number of hydrogen-bond acceptors (Lipinski definition) is 6. The monoisotopic (exact) mass is 389 g/mol. The van der Waals surface area contributed by atoms with E-state index in [0.717, 1.165) is 12.1 Å². The molecule has 0 aliphatic rings. The molecular formula is C18H10F3N3O4. The van der Waals surface area contributed by atoms with E-state index in [9.17, 15) is 32.3 Å². The van der Waals surface area contributed by atoms with E-state index in [-0.39, 0.29) is 16.3 Å². The molecule has 142 valence electrons. The predicted molar refractivity (Wildman–Crippen MR) is 93.1 cm³/mol. The van der Waals surface area contributed by atoms with Crippen molar-refractivity contribution in [2.24, 2.45) is 5.10 Å². The van der Waals surface area contributed by atoms with E-state index >= 15 is 0 Å². The minimum Gasteiger partial charge on any atom is -0.398 e. The van der Waals surface area contributed by atoms with Gasteiger partial charge in [0.05, 0.1) is 5.56 Å². The van der Waals surface area contributed by atoms with Gasteiger partial charge in [-0.2, -0.15) is 18.3 Å². The Morgan fingerprint density at radius 1 is 0.964 bits per heavy atom. The summed E-state index contributed by atoms with van der Waals surface area (Å²) in [6, 6.07) is 8.42. The molecule has 0 radical (unpaired) electrons. The predicted octanol–water partition coefficient (Wildman–Crippen LogP) is 1.01. The van der Waals surface area contributed by atoms with Crippen molar-refractivity contribution in [2.75, 3.05) is 5.73 Å². The maximum atomic E-state index is 12.5. The second kappa shape index (κ2) is 6.72. The average molecular weight is 389 g/mol. The molecule has 0 heterocycles. The summed E-state index contributed by atoms with van der Waals surface area (Å²) in [5.41, 5.74) is 4.78. The Morgan fingerprint density at radius 2 is 1.54 bits per heavy atom. The molecule has 1 amide bonds. The van der Waals surface area contributed by atoms with Crippen LogP contribution >= 0.6 is 0 Å². The van der Waals surface area contributed by atoms with Crippen molar-refractivity contribution in [1.29, 1.82) is 0 Å². The highest BCUT2D eigenvalue weighted by Gasteiger charge is 2.39. The minimum absolute atomic E-state index is 0.148. The molecule has 0 atom stereocenters. The van der Waals surface area contributed by atoms with Crippen LogP contribution in [0.3, 0.4) is 0 Å². The van der Waals surface area contributed by atoms with Gasteiger partial charge in [0.25, 0.3) is 11.7 Å². The largest absolute Gasteiger partial charge is 0.454 e. The summed E-state index contributed by atoms with van der Waals surface area (Å²) in [4.78, 5) is 47.7. The molecule has 0 unspecified atom stereocenters. The van der Waals surface area contributed by atoms with Crippen LogP contribution in [0.15, 0.2) is 57.2 Å². The number of carbonyl (C=O) groups excluding carboxylic acids is 2. The Bertz CT molecular complexity index is 1220. The number of nitrogens with zero attached hydrogens (tertiary/aromatic N) is 1. The number of carbonyl (C=O) groups is 2. The maximum absolute atomic E-state index is 12.5. The molecule has 0 saturated heterocycles. The number of benzene rings is 2. The first kappa shape index (κ1) is 19.0. The molecular weight excluding hydrogens is 379 g/mol. The van der Waals surface area contributed by atoms with Crippen LogP contribution in [0.2, 0.25) is 0 Å². The van der Waals surface area contributed by atoms with E-state index in [4.69, 9.17) is 5.73 Å². The van der Waals surface area contributed by atoms with Crippen LogP contribution in [0.1, 0.15) is 20.7 Å². The highest BCUT2D eigenvalue weighted by atomic mass is 19.4. The number of halogens is 3. The Hall–Kier alpha value is -3.82. The standard InChI is InChI=1S/C18H10F3N3O4/c19-18(20,21)16(27)8-5-6-11(12(22)7-8)17(28)24-23-13-14(25)9-3-1-2-4-10(9)15(13)26/h1-7H,22H2,(H,24,28). The van der Waals surface area contributed by atoms with Crippen molar-refractivity contribution in [2.45, 2.75) is 6.18 Å². The molecule has 3 N–H and O–H groups in total. The maximum Gasteiger partial charge on any atom is 0.454 e. The van der Waals surface area contributed by atoms with Gasteiger partial charge in [0, 0.05) is 22.0 Å². The van der Waals surface area contributed by atoms with Gasteiger partial charge in [-0.1, -0.05) is 30.3 Å². The van der Waals surface area contributed by atoms with Gasteiger partial charge in [-0.3, -0.25) is 19.2 Å². The van der Waals surface area contributed by atoms with E-state index in [1.165, 1.54) is 12.1 Å². The molecule has 0 bridgehead atoms. The number of amides is 1. The van der Waals surface area contributed by atoms with Crippen LogP contribution in [0.5, 0.6) is 0 Å². The summed E-state index contributed by atoms with van der Waals surface area (Å²) >= 11 is 0. The van der Waals surface area contributed by atoms with Crippen LogP contribution in [-0.2, 0) is 0 Å². The number of nitrogen functional groups attached to an aromatic ring is 1. The molecule has 7 nitrogen and oxygen atoms in total. The smallest absolute Gasteiger partial charge is 0.398 e. The van der Waals surface area contributed by atoms with Crippen molar-refractivity contribution < 1.29 is 22.8 Å². The van der Waals surface area contributed by atoms with Crippen LogP contribution in [0.4, 0.5) is 18.9 Å². The lowest BCUT2D eigenvalue weighted by atomic mass is 10.1. The van der Waals surface area contributed by atoms with Crippen molar-refractivity contribution >= 4 is 28.2 Å². The normalized spacial score (nSPS) is 11.4. The van der Waals surface area contributed by atoms with Crippen molar-refractivity contribution in [1.82, 2.24) is 5.43 Å². The fraction of sp³-hybridized carbons (Fsp3) is 0.0556. The SMILES string of the molecule is Nc1cc(C(=O)C(F)(F)F)ccc1C(=O)NN=c1c(=O)c2ccccc2c1=O. The summed E-state index contributed by atoms with van der Waals surface area (Å²) in [5, 5.41) is 3.32. The number of Topliss-reactive ketones (excluding diaryl/α,β-unsaturated/α-hetero) is 1. The molecule has 0 spiro atoms. The Morgan fingerprint density at radius 3 is 2.04 bits per heavy atom. The molecule has 0 aromatic heterocycles. The van der Waals surface area contributed by atoms with Crippen molar-refractivity contribution in [3.63, 3.8) is 0 Å². The minimum atomic E-state index is -5.08. The third kappa shape index (κ3) is 3.27. The Kier molecular flexibility index (Phi) is 4.55. The van der Waals surface area contributed by atoms with Gasteiger partial charge in [-0.05, 0) is 12.1 Å². The number of alkyl halides is 3. The van der Waals surface area contributed by atoms with E-state index < -0.39 is 45.3 Å². The first-order valence-corrected chi connectivity index (χ1v) is 7.68. The lowest BCUT2D eigenvalue weighted by molar-refractivity contribution is -0.0885. The lowest BCUT2D eigenvalue weighted by Crippen LogP contribution is -2.35. The number of hydrogen-bond donors (Lipinski definition) is 2. The summed E-state index contributed by atoms with van der Waals surface area (Å²) < 4.78 is 37.4. The average Bonchev–Trinajstić information content (AvgIpc) is 2.89.